The van der Waals surface area contributed by atoms with Gasteiger partial charge in [-0.3, -0.25) is 4.90 Å². The van der Waals surface area contributed by atoms with Crippen molar-refractivity contribution in [2.45, 2.75) is 49.5 Å². The van der Waals surface area contributed by atoms with Gasteiger partial charge in [0.1, 0.15) is 0 Å². The highest BCUT2D eigenvalue weighted by Crippen LogP contribution is 2.55. The maximum Gasteiger partial charge on any atom is 0.231 e. The van der Waals surface area contributed by atoms with Crippen molar-refractivity contribution in [1.82, 2.24) is 4.90 Å². The molecule has 3 heterocycles. The molecule has 1 unspecified atom stereocenters. The molecule has 1 aromatic rings. The number of aliphatic hydroxyl groups excluding tert-OH is 2. The standard InChI is InChI=1S/C16H19NO4/c18-10-1-2-16-11-5-13-12(20-8-21-13)3-9(11)6-17(7-15(16)19)14(16)4-10/h3,5,10,14-15,18-19H,1-2,4,6-8H2/t10-,14-,15+,16-/m0/s1. The molecule has 2 bridgehead atoms. The van der Waals surface area contributed by atoms with Crippen LogP contribution in [0.4, 0.5) is 0 Å². The van der Waals surface area contributed by atoms with Gasteiger partial charge in [-0.25, -0.2) is 0 Å². The van der Waals surface area contributed by atoms with Crippen LogP contribution in [-0.2, 0) is 12.0 Å². The lowest BCUT2D eigenvalue weighted by molar-refractivity contribution is 0.0149. The van der Waals surface area contributed by atoms with Crippen LogP contribution in [0, 0.1) is 0 Å². The molecule has 0 amide bonds. The number of ether oxygens (including phenoxy) is 2. The highest BCUT2D eigenvalue weighted by atomic mass is 16.7. The Kier molecular flexibility index (Phi) is 2.28. The number of hydrogen-bond acceptors (Lipinski definition) is 5. The lowest BCUT2D eigenvalue weighted by Crippen LogP contribution is -2.54. The molecule has 1 saturated heterocycles. The molecule has 1 aromatic carbocycles. The van der Waals surface area contributed by atoms with Crippen LogP contribution in [0.2, 0.25) is 0 Å². The van der Waals surface area contributed by atoms with Crippen LogP contribution in [0.3, 0.4) is 0 Å². The number of aliphatic hydroxyl groups is 2. The third kappa shape index (κ3) is 1.42. The van der Waals surface area contributed by atoms with Gasteiger partial charge in [0.25, 0.3) is 0 Å². The second-order valence-electron chi connectivity index (χ2n) is 6.79. The second kappa shape index (κ2) is 3.91. The van der Waals surface area contributed by atoms with Gasteiger partial charge < -0.3 is 19.7 Å². The summed E-state index contributed by atoms with van der Waals surface area (Å²) in [6.07, 6.45) is 1.74. The normalized spacial score (nSPS) is 42.6. The fourth-order valence-electron chi connectivity index (χ4n) is 4.97. The predicted molar refractivity (Wildman–Crippen MR) is 74.3 cm³/mol. The van der Waals surface area contributed by atoms with E-state index in [1.165, 1.54) is 11.1 Å². The fourth-order valence-corrected chi connectivity index (χ4v) is 4.97. The van der Waals surface area contributed by atoms with E-state index in [-0.39, 0.29) is 30.5 Å². The van der Waals surface area contributed by atoms with Gasteiger partial charge in [0.2, 0.25) is 6.79 Å². The molecule has 3 aliphatic heterocycles. The first-order chi connectivity index (χ1) is 10.2. The minimum atomic E-state index is -0.364. The van der Waals surface area contributed by atoms with E-state index in [9.17, 15) is 10.2 Å². The molecule has 5 nitrogen and oxygen atoms in total. The van der Waals surface area contributed by atoms with Gasteiger partial charge in [-0.15, -0.1) is 0 Å². The first-order valence-corrected chi connectivity index (χ1v) is 7.71. The fraction of sp³-hybridized carbons (Fsp3) is 0.625. The smallest absolute Gasteiger partial charge is 0.231 e. The molecular weight excluding hydrogens is 270 g/mol. The van der Waals surface area contributed by atoms with Crippen LogP contribution in [0.25, 0.3) is 0 Å². The summed E-state index contributed by atoms with van der Waals surface area (Å²) in [6.45, 7) is 1.79. The molecule has 5 heteroatoms. The van der Waals surface area contributed by atoms with Crippen molar-refractivity contribution >= 4 is 0 Å². The van der Waals surface area contributed by atoms with E-state index >= 15 is 0 Å². The van der Waals surface area contributed by atoms with Gasteiger partial charge >= 0.3 is 0 Å². The highest BCUT2D eigenvalue weighted by molar-refractivity contribution is 5.54. The quantitative estimate of drug-likeness (QED) is 0.738. The third-order valence-corrected chi connectivity index (χ3v) is 5.90. The molecular formula is C16H19NO4. The molecule has 4 aliphatic rings. The van der Waals surface area contributed by atoms with E-state index in [1.54, 1.807) is 0 Å². The Hall–Kier alpha value is -1.30. The molecule has 1 aliphatic carbocycles. The van der Waals surface area contributed by atoms with Gasteiger partial charge in [0.15, 0.2) is 11.5 Å². The van der Waals surface area contributed by atoms with E-state index in [0.29, 0.717) is 6.54 Å². The molecule has 21 heavy (non-hydrogen) atoms. The van der Waals surface area contributed by atoms with Crippen molar-refractivity contribution in [3.8, 4) is 11.5 Å². The van der Waals surface area contributed by atoms with Crippen LogP contribution >= 0.6 is 0 Å². The summed E-state index contributed by atoms with van der Waals surface area (Å²) < 4.78 is 11.0. The van der Waals surface area contributed by atoms with Gasteiger partial charge in [0.05, 0.1) is 12.2 Å². The predicted octanol–water partition coefficient (Wildman–Crippen LogP) is 0.757. The van der Waals surface area contributed by atoms with Crippen molar-refractivity contribution in [2.75, 3.05) is 13.3 Å². The SMILES string of the molecule is O[C@H]1CC[C@@]23c4cc5c(cc4CN(C[C@H]2O)[C@H]3C1)OCO5. The molecule has 5 atom stereocenters. The average Bonchev–Trinajstić information content (AvgIpc) is 2.99. The molecule has 0 aromatic heterocycles. The Balaban J connectivity index is 1.71. The summed E-state index contributed by atoms with van der Waals surface area (Å²) in [6, 6.07) is 4.39. The van der Waals surface area contributed by atoms with Crippen molar-refractivity contribution in [3.63, 3.8) is 0 Å². The molecule has 112 valence electrons. The van der Waals surface area contributed by atoms with Crippen LogP contribution in [0.15, 0.2) is 12.1 Å². The lowest BCUT2D eigenvalue weighted by Gasteiger charge is -2.48. The topological polar surface area (TPSA) is 62.2 Å². The molecule has 0 radical (unpaired) electrons. The summed E-state index contributed by atoms with van der Waals surface area (Å²) in [4.78, 5) is 2.33. The van der Waals surface area contributed by atoms with Crippen molar-refractivity contribution in [3.05, 3.63) is 23.3 Å². The Morgan fingerprint density at radius 3 is 2.86 bits per heavy atom. The van der Waals surface area contributed by atoms with E-state index in [4.69, 9.17) is 9.47 Å². The Bertz CT molecular complexity index is 619. The maximum atomic E-state index is 10.8. The number of hydrogen-bond donors (Lipinski definition) is 2. The van der Waals surface area contributed by atoms with Gasteiger partial charge in [-0.2, -0.15) is 0 Å². The largest absolute Gasteiger partial charge is 0.454 e. The second-order valence-corrected chi connectivity index (χ2v) is 6.79. The molecule has 2 fully saturated rings. The number of rotatable bonds is 0. The van der Waals surface area contributed by atoms with E-state index in [2.05, 4.69) is 17.0 Å². The number of benzene rings is 1. The van der Waals surface area contributed by atoms with E-state index in [1.807, 2.05) is 0 Å². The van der Waals surface area contributed by atoms with Crippen LogP contribution in [-0.4, -0.2) is 46.7 Å². The minimum absolute atomic E-state index is 0.240. The maximum absolute atomic E-state index is 10.8. The molecule has 2 N–H and O–H groups in total. The molecule has 1 saturated carbocycles. The molecule has 5 rings (SSSR count). The van der Waals surface area contributed by atoms with Gasteiger partial charge in [-0.1, -0.05) is 0 Å². The van der Waals surface area contributed by atoms with Crippen molar-refractivity contribution < 1.29 is 19.7 Å². The molecule has 0 spiro atoms. The average molecular weight is 289 g/mol. The highest BCUT2D eigenvalue weighted by Gasteiger charge is 2.59. The zero-order valence-corrected chi connectivity index (χ0v) is 11.8. The van der Waals surface area contributed by atoms with Crippen LogP contribution in [0.5, 0.6) is 11.5 Å². The zero-order chi connectivity index (χ0) is 14.2. The van der Waals surface area contributed by atoms with Crippen LogP contribution < -0.4 is 9.47 Å². The third-order valence-electron chi connectivity index (χ3n) is 5.90. The van der Waals surface area contributed by atoms with Crippen molar-refractivity contribution in [2.24, 2.45) is 0 Å². The Morgan fingerprint density at radius 2 is 2.00 bits per heavy atom. The number of nitrogens with zero attached hydrogens (tertiary/aromatic N) is 1. The number of fused-ring (bicyclic) bond motifs is 2. The Morgan fingerprint density at radius 1 is 1.19 bits per heavy atom. The van der Waals surface area contributed by atoms with Gasteiger partial charge in [-0.05, 0) is 42.5 Å². The van der Waals surface area contributed by atoms with E-state index < -0.39 is 0 Å². The summed E-state index contributed by atoms with van der Waals surface area (Å²) in [5.41, 5.74) is 2.21. The van der Waals surface area contributed by atoms with Crippen LogP contribution in [0.1, 0.15) is 30.4 Å². The first-order valence-electron chi connectivity index (χ1n) is 7.71. The van der Waals surface area contributed by atoms with E-state index in [0.717, 1.165) is 37.3 Å². The summed E-state index contributed by atoms with van der Waals surface area (Å²) in [5, 5.41) is 20.8. The van der Waals surface area contributed by atoms with Gasteiger partial charge in [0, 0.05) is 24.5 Å². The Labute approximate surface area is 123 Å². The first kappa shape index (κ1) is 12.3. The summed E-state index contributed by atoms with van der Waals surface area (Å²) in [7, 11) is 0. The summed E-state index contributed by atoms with van der Waals surface area (Å²) >= 11 is 0. The lowest BCUT2D eigenvalue weighted by atomic mass is 9.62. The summed E-state index contributed by atoms with van der Waals surface area (Å²) in [5.74, 6) is 1.61. The minimum Gasteiger partial charge on any atom is -0.454 e. The monoisotopic (exact) mass is 289 g/mol. The zero-order valence-electron chi connectivity index (χ0n) is 11.8. The van der Waals surface area contributed by atoms with Crippen molar-refractivity contribution in [1.29, 1.82) is 0 Å².